The van der Waals surface area contributed by atoms with Gasteiger partial charge in [0.05, 0.1) is 5.56 Å². The van der Waals surface area contributed by atoms with Crippen molar-refractivity contribution in [3.63, 3.8) is 0 Å². The van der Waals surface area contributed by atoms with E-state index in [9.17, 15) is 26.3 Å². The van der Waals surface area contributed by atoms with Crippen LogP contribution in [0.1, 0.15) is 44.9 Å². The van der Waals surface area contributed by atoms with Crippen molar-refractivity contribution in [3.8, 4) is 66.8 Å². The molecule has 0 spiro atoms. The van der Waals surface area contributed by atoms with Crippen molar-refractivity contribution >= 4 is 109 Å². The molecule has 1 aliphatic carbocycles. The van der Waals surface area contributed by atoms with Crippen LogP contribution in [-0.2, 0) is 24.4 Å². The molecule has 0 N–H and O–H groups in total. The van der Waals surface area contributed by atoms with Gasteiger partial charge in [-0.3, -0.25) is 0 Å². The van der Waals surface area contributed by atoms with Gasteiger partial charge in [-0.15, -0.1) is 0 Å². The molecular formula is C68H39F9I4. The van der Waals surface area contributed by atoms with E-state index in [-0.39, 0.29) is 11.5 Å². The van der Waals surface area contributed by atoms with Gasteiger partial charge in [0.2, 0.25) is 1.68 Å². The summed E-state index contributed by atoms with van der Waals surface area (Å²) in [6.07, 6.45) is -8.84. The molecule has 0 nitrogen and oxygen atoms in total. The third-order valence-electron chi connectivity index (χ3n) is 15.4. The normalized spacial score (nSPS) is 14.5. The maximum absolute atomic E-state index is 15.5. The Morgan fingerprint density at radius 3 is 1.25 bits per heavy atom. The number of hydrogen-bond acceptors (Lipinski definition) is 0. The SMILES string of the molecule is FC(F)(F)c1ccc2c(c1)-c1cc(C(F)(I)I)ccc1C2Cc1ccc2c(-c3ccc(-c4ccccc4)cc3)c3cc(I4c5ccc(C(F)(F)F)cc5-c5cc(C(F)(F)I)ccc54)ccc3c(-c3ccc(-c4ccccc4)cc3)c2c1. The van der Waals surface area contributed by atoms with Gasteiger partial charge >= 0.3 is 408 Å². The zero-order valence-corrected chi connectivity index (χ0v) is 50.6. The van der Waals surface area contributed by atoms with E-state index in [1.54, 1.807) is 69.4 Å². The van der Waals surface area contributed by atoms with Crippen LogP contribution in [0.25, 0.3) is 88.3 Å². The Morgan fingerprint density at radius 2 is 0.753 bits per heavy atom. The fraction of sp³-hybridized carbons (Fsp3) is 0.0882. The first-order valence-electron chi connectivity index (χ1n) is 25.6. The molecule has 0 saturated heterocycles. The van der Waals surface area contributed by atoms with Crippen LogP contribution in [0.5, 0.6) is 0 Å². The van der Waals surface area contributed by atoms with Crippen molar-refractivity contribution < 1.29 is 39.5 Å². The molecule has 0 bridgehead atoms. The molecule has 81 heavy (non-hydrogen) atoms. The Kier molecular flexibility index (Phi) is 13.8. The van der Waals surface area contributed by atoms with Crippen molar-refractivity contribution in [2.24, 2.45) is 0 Å². The number of hydrogen-bond donors (Lipinski definition) is 0. The van der Waals surface area contributed by atoms with Crippen LogP contribution in [0, 0.1) is 10.7 Å². The summed E-state index contributed by atoms with van der Waals surface area (Å²) in [5.41, 5.74) is 10.3. The van der Waals surface area contributed by atoms with E-state index in [0.29, 0.717) is 34.2 Å². The molecule has 13 rings (SSSR count). The first-order chi connectivity index (χ1) is 38.7. The summed E-state index contributed by atoms with van der Waals surface area (Å²) in [6.45, 7) is 0. The second kappa shape index (κ2) is 20.5. The summed E-state index contributed by atoms with van der Waals surface area (Å²) in [4.78, 5) is 0. The topological polar surface area (TPSA) is 0 Å². The number of fused-ring (bicyclic) bond motifs is 8. The van der Waals surface area contributed by atoms with Crippen LogP contribution in [0.2, 0.25) is 0 Å². The molecule has 2 aliphatic rings. The Labute approximate surface area is 508 Å². The second-order valence-corrected chi connectivity index (χ2v) is 31.8. The van der Waals surface area contributed by atoms with E-state index in [1.807, 2.05) is 54.6 Å². The molecule has 0 amide bonds. The molecule has 1 heterocycles. The van der Waals surface area contributed by atoms with Crippen molar-refractivity contribution in [2.45, 2.75) is 30.3 Å². The van der Waals surface area contributed by atoms with E-state index in [4.69, 9.17) is 0 Å². The fourth-order valence-corrected chi connectivity index (χ4v) is 19.0. The Morgan fingerprint density at radius 1 is 0.346 bits per heavy atom. The Hall–Kier alpha value is -5.77. The van der Waals surface area contributed by atoms with Crippen LogP contribution in [-0.4, -0.2) is 0 Å². The minimum absolute atomic E-state index is 0.289. The van der Waals surface area contributed by atoms with Gasteiger partial charge in [0, 0.05) is 5.56 Å². The zero-order chi connectivity index (χ0) is 56.3. The summed E-state index contributed by atoms with van der Waals surface area (Å²) in [7, 11) is 0. The first-order valence-corrected chi connectivity index (χ1v) is 32.0. The third-order valence-corrected chi connectivity index (χ3v) is 23.4. The van der Waals surface area contributed by atoms with Crippen LogP contribution < -0.4 is 0 Å². The first kappa shape index (κ1) is 54.5. The molecule has 1 unspecified atom stereocenters. The van der Waals surface area contributed by atoms with E-state index in [2.05, 4.69) is 97.1 Å². The minimum atomic E-state index is -4.66. The number of halogens is 13. The van der Waals surface area contributed by atoms with Gasteiger partial charge in [-0.1, -0.05) is 12.1 Å². The quantitative estimate of drug-likeness (QED) is 0.0585. The standard InChI is InChI=1S/C68H39F9I4/c69-65(70,71)45-20-26-50-54(51-27-21-48(68(77,79)80)36-56(51)55(50)33-45)31-38-11-25-52-59(32-38)63(43-16-12-41(13-17-43)39-7-3-1-4-8-39)53-28-24-49(37-60(53)64(52)44-18-14-42(15-19-44)40-9-5-2-6-10-40)81-61-29-22-46(66(72,73)74)34-57(61)58-35-47(67(75,76)78)23-30-62(58)81/h1-30,32-37,54H,31H2. The summed E-state index contributed by atoms with van der Waals surface area (Å²) in [5.74, 6) is -0.364. The Balaban J connectivity index is 1.05. The van der Waals surface area contributed by atoms with Gasteiger partial charge in [-0.05, 0) is 63.4 Å². The van der Waals surface area contributed by atoms with Crippen molar-refractivity contribution in [1.82, 2.24) is 0 Å². The predicted octanol–water partition coefficient (Wildman–Crippen LogP) is 22.9. The fourth-order valence-electron chi connectivity index (χ4n) is 11.7. The monoisotopic (exact) mass is 1530 g/mol. The summed E-state index contributed by atoms with van der Waals surface area (Å²) in [6, 6.07) is 66.8. The van der Waals surface area contributed by atoms with E-state index in [1.165, 1.54) is 24.3 Å². The van der Waals surface area contributed by atoms with Gasteiger partial charge < -0.3 is 0 Å². The van der Waals surface area contributed by atoms with Crippen molar-refractivity contribution in [2.75, 3.05) is 0 Å². The number of benzene rings is 11. The zero-order valence-electron chi connectivity index (χ0n) is 42.0. The maximum atomic E-state index is 15.5. The van der Waals surface area contributed by atoms with E-state index >= 15 is 13.2 Å². The molecule has 11 aromatic carbocycles. The van der Waals surface area contributed by atoms with Gasteiger partial charge in [0.25, 0.3) is 0 Å². The van der Waals surface area contributed by atoms with E-state index in [0.717, 1.165) is 134 Å². The molecule has 0 fully saturated rings. The molecule has 0 aromatic heterocycles. The van der Waals surface area contributed by atoms with Crippen LogP contribution >= 0.6 is 87.6 Å². The van der Waals surface area contributed by atoms with Crippen LogP contribution in [0.4, 0.5) is 39.5 Å². The van der Waals surface area contributed by atoms with Crippen molar-refractivity contribution in [1.29, 1.82) is 0 Å². The molecule has 0 radical (unpaired) electrons. The average molecular weight is 1530 g/mol. The number of rotatable bonds is 9. The molecular weight excluding hydrogens is 1500 g/mol. The molecule has 1 aliphatic heterocycles. The molecule has 0 saturated carbocycles. The molecule has 13 heteroatoms. The molecule has 1 atom stereocenters. The summed E-state index contributed by atoms with van der Waals surface area (Å²) < 4.78 is 129. The average Bonchev–Trinajstić information content (AvgIpc) is 4.11. The number of alkyl halides is 12. The van der Waals surface area contributed by atoms with Crippen LogP contribution in [0.15, 0.2) is 218 Å². The Bertz CT molecular complexity index is 4170. The van der Waals surface area contributed by atoms with Crippen molar-refractivity contribution in [3.05, 3.63) is 268 Å². The molecule has 402 valence electrons. The van der Waals surface area contributed by atoms with Gasteiger partial charge in [-0.25, -0.2) is 4.39 Å². The summed E-state index contributed by atoms with van der Waals surface area (Å²) >= 11 is 1.53. The summed E-state index contributed by atoms with van der Waals surface area (Å²) in [5, 5.41) is 3.62. The molecule has 11 aromatic rings. The van der Waals surface area contributed by atoms with E-state index < -0.39 is 48.9 Å². The predicted molar refractivity (Wildman–Crippen MR) is 341 cm³/mol. The third kappa shape index (κ3) is 10.1. The second-order valence-electron chi connectivity index (χ2n) is 20.2. The van der Waals surface area contributed by atoms with Gasteiger partial charge in [0.15, 0.2) is 0 Å². The van der Waals surface area contributed by atoms with Gasteiger partial charge in [-0.2, -0.15) is 13.2 Å². The van der Waals surface area contributed by atoms with Crippen LogP contribution in [0.3, 0.4) is 0 Å². The van der Waals surface area contributed by atoms with Gasteiger partial charge in [0.1, 0.15) is 0 Å².